The molecule has 0 spiro atoms. The number of imide groups is 1. The van der Waals surface area contributed by atoms with Crippen molar-refractivity contribution in [2.24, 2.45) is 0 Å². The number of amides is 2. The fraction of sp³-hybridized carbons (Fsp3) is 0.136. The Kier molecular flexibility index (Phi) is 4.44. The first kappa shape index (κ1) is 17.8. The number of nitrogens with one attached hydrogen (secondary N) is 1. The van der Waals surface area contributed by atoms with Crippen LogP contribution in [0, 0.1) is 0 Å². The third kappa shape index (κ3) is 3.82. The number of pyridine rings is 1. The van der Waals surface area contributed by atoms with Gasteiger partial charge in [0.25, 0.3) is 11.1 Å². The lowest BCUT2D eigenvalue weighted by molar-refractivity contribution is -0.115. The summed E-state index contributed by atoms with van der Waals surface area (Å²) in [5, 5.41) is 3.05. The molecule has 2 aliphatic rings. The molecule has 0 unspecified atom stereocenters. The zero-order valence-corrected chi connectivity index (χ0v) is 16.2. The molecule has 7 heteroatoms. The Morgan fingerprint density at radius 3 is 2.72 bits per heavy atom. The van der Waals surface area contributed by atoms with Gasteiger partial charge in [0.15, 0.2) is 0 Å². The average molecular weight is 403 g/mol. The van der Waals surface area contributed by atoms with Gasteiger partial charge in [0, 0.05) is 11.9 Å². The average Bonchev–Trinajstić information content (AvgIpc) is 3.45. The molecule has 2 aliphatic heterocycles. The number of hydrogen-bond acceptors (Lipinski definition) is 6. The zero-order valence-electron chi connectivity index (χ0n) is 15.4. The van der Waals surface area contributed by atoms with Crippen LogP contribution < -0.4 is 15.0 Å². The summed E-state index contributed by atoms with van der Waals surface area (Å²) in [6.07, 6.45) is 1.70. The molecular formula is C22H17N3O3S. The number of benzene rings is 2. The quantitative estimate of drug-likeness (QED) is 0.516. The first-order valence-electron chi connectivity index (χ1n) is 9.26. The van der Waals surface area contributed by atoms with Crippen molar-refractivity contribution in [1.82, 2.24) is 10.3 Å². The molecule has 144 valence electrons. The molecular weight excluding hydrogens is 386 g/mol. The molecule has 2 saturated heterocycles. The number of hydrogen-bond donors (Lipinski definition) is 1. The molecule has 29 heavy (non-hydrogen) atoms. The van der Waals surface area contributed by atoms with Crippen LogP contribution in [0.5, 0.6) is 5.75 Å². The van der Waals surface area contributed by atoms with Crippen LogP contribution in [-0.2, 0) is 4.79 Å². The topological polar surface area (TPSA) is 71.3 Å². The van der Waals surface area contributed by atoms with E-state index in [2.05, 4.69) is 22.3 Å². The highest BCUT2D eigenvalue weighted by molar-refractivity contribution is 8.18. The SMILES string of the molecule is O=C1NC(=O)/C(=C/c2ccc(OC[C@@H]3CN3c3ccc4ccccc4n3)cc2)S1. The maximum Gasteiger partial charge on any atom is 0.290 e. The van der Waals surface area contributed by atoms with Crippen molar-refractivity contribution in [1.29, 1.82) is 0 Å². The molecule has 1 N–H and O–H groups in total. The fourth-order valence-electron chi connectivity index (χ4n) is 3.24. The summed E-state index contributed by atoms with van der Waals surface area (Å²) in [5.41, 5.74) is 1.84. The van der Waals surface area contributed by atoms with Crippen molar-refractivity contribution in [3.8, 4) is 5.75 Å². The minimum absolute atomic E-state index is 0.315. The van der Waals surface area contributed by atoms with Gasteiger partial charge >= 0.3 is 0 Å². The lowest BCUT2D eigenvalue weighted by Crippen LogP contribution is -2.17. The van der Waals surface area contributed by atoms with Gasteiger partial charge in [0.05, 0.1) is 16.5 Å². The van der Waals surface area contributed by atoms with Gasteiger partial charge in [-0.15, -0.1) is 0 Å². The van der Waals surface area contributed by atoms with Gasteiger partial charge in [-0.05, 0) is 53.7 Å². The molecule has 0 bridgehead atoms. The Balaban J connectivity index is 1.18. The van der Waals surface area contributed by atoms with Crippen LogP contribution in [0.3, 0.4) is 0 Å². The Morgan fingerprint density at radius 1 is 1.10 bits per heavy atom. The van der Waals surface area contributed by atoms with E-state index in [1.807, 2.05) is 48.5 Å². The van der Waals surface area contributed by atoms with E-state index in [1.54, 1.807) is 6.08 Å². The maximum absolute atomic E-state index is 11.6. The summed E-state index contributed by atoms with van der Waals surface area (Å²) in [6, 6.07) is 20.0. The number of nitrogens with zero attached hydrogens (tertiary/aromatic N) is 2. The smallest absolute Gasteiger partial charge is 0.290 e. The van der Waals surface area contributed by atoms with Gasteiger partial charge < -0.3 is 9.64 Å². The van der Waals surface area contributed by atoms with Gasteiger partial charge in [-0.2, -0.15) is 0 Å². The van der Waals surface area contributed by atoms with Gasteiger partial charge in [-0.1, -0.05) is 30.3 Å². The van der Waals surface area contributed by atoms with Crippen molar-refractivity contribution in [3.63, 3.8) is 0 Å². The standard InChI is InChI=1S/C22H17N3O3S/c26-21-19(29-22(27)24-21)11-14-5-8-17(9-6-14)28-13-16-12-25(16)20-10-7-15-3-1-2-4-18(15)23-20/h1-11,16H,12-13H2,(H,24,26,27)/b19-11-/t16-,25?/m0/s1. The van der Waals surface area contributed by atoms with E-state index in [0.29, 0.717) is 17.6 Å². The lowest BCUT2D eigenvalue weighted by atomic mass is 10.2. The molecule has 6 nitrogen and oxygen atoms in total. The zero-order chi connectivity index (χ0) is 19.8. The minimum atomic E-state index is -0.351. The number of fused-ring (bicyclic) bond motifs is 1. The minimum Gasteiger partial charge on any atom is -0.491 e. The van der Waals surface area contributed by atoms with Gasteiger partial charge in [-0.25, -0.2) is 4.98 Å². The number of thioether (sulfide) groups is 1. The second-order valence-electron chi connectivity index (χ2n) is 6.90. The molecule has 3 heterocycles. The molecule has 2 fully saturated rings. The Hall–Kier alpha value is -3.32. The van der Waals surface area contributed by atoms with Crippen molar-refractivity contribution in [3.05, 3.63) is 71.1 Å². The van der Waals surface area contributed by atoms with Crippen LogP contribution in [0.15, 0.2) is 65.6 Å². The van der Waals surface area contributed by atoms with Crippen LogP contribution in [0.1, 0.15) is 5.56 Å². The van der Waals surface area contributed by atoms with Crippen LogP contribution in [0.2, 0.25) is 0 Å². The normalized spacial score (nSPS) is 19.7. The highest BCUT2D eigenvalue weighted by atomic mass is 32.2. The maximum atomic E-state index is 11.6. The third-order valence-corrected chi connectivity index (χ3v) is 5.67. The number of para-hydroxylation sites is 1. The monoisotopic (exact) mass is 403 g/mol. The van der Waals surface area contributed by atoms with E-state index >= 15 is 0 Å². The summed E-state index contributed by atoms with van der Waals surface area (Å²) in [6.45, 7) is 1.51. The number of aromatic nitrogens is 1. The molecule has 0 radical (unpaired) electrons. The van der Waals surface area contributed by atoms with E-state index in [4.69, 9.17) is 9.72 Å². The molecule has 2 aromatic carbocycles. The summed E-state index contributed by atoms with van der Waals surface area (Å²) in [5.74, 6) is 1.39. The summed E-state index contributed by atoms with van der Waals surface area (Å²) in [7, 11) is 0. The second kappa shape index (κ2) is 7.25. The number of carbonyl (C=O) groups excluding carboxylic acids is 2. The van der Waals surface area contributed by atoms with Gasteiger partial charge in [0.2, 0.25) is 0 Å². The molecule has 1 aromatic heterocycles. The molecule has 5 rings (SSSR count). The Labute approximate surface area is 171 Å². The summed E-state index contributed by atoms with van der Waals surface area (Å²) in [4.78, 5) is 30.2. The van der Waals surface area contributed by atoms with E-state index in [-0.39, 0.29) is 11.1 Å². The first-order valence-corrected chi connectivity index (χ1v) is 10.1. The van der Waals surface area contributed by atoms with E-state index in [9.17, 15) is 9.59 Å². The van der Waals surface area contributed by atoms with Gasteiger partial charge in [-0.3, -0.25) is 14.9 Å². The van der Waals surface area contributed by atoms with Gasteiger partial charge in [0.1, 0.15) is 18.2 Å². The van der Waals surface area contributed by atoms with Crippen molar-refractivity contribution in [2.75, 3.05) is 18.1 Å². The van der Waals surface area contributed by atoms with E-state index < -0.39 is 0 Å². The second-order valence-corrected chi connectivity index (χ2v) is 7.92. The lowest BCUT2D eigenvalue weighted by Gasteiger charge is -2.08. The predicted molar refractivity (Wildman–Crippen MR) is 114 cm³/mol. The summed E-state index contributed by atoms with van der Waals surface area (Å²) < 4.78 is 5.90. The molecule has 1 atom stereocenters. The van der Waals surface area contributed by atoms with Crippen LogP contribution >= 0.6 is 11.8 Å². The Bertz CT molecular complexity index is 1140. The predicted octanol–water partition coefficient (Wildman–Crippen LogP) is 3.83. The molecule has 3 aromatic rings. The van der Waals surface area contributed by atoms with Crippen LogP contribution in [0.25, 0.3) is 17.0 Å². The van der Waals surface area contributed by atoms with Crippen molar-refractivity contribution in [2.45, 2.75) is 6.04 Å². The third-order valence-electron chi connectivity index (χ3n) is 4.85. The molecule has 0 aliphatic carbocycles. The summed E-state index contributed by atoms with van der Waals surface area (Å²) >= 11 is 0.913. The van der Waals surface area contributed by atoms with E-state index in [1.165, 1.54) is 0 Å². The number of anilines is 1. The molecule has 2 amide bonds. The van der Waals surface area contributed by atoms with Crippen molar-refractivity contribution >= 4 is 45.7 Å². The largest absolute Gasteiger partial charge is 0.491 e. The fourth-order valence-corrected chi connectivity index (χ4v) is 3.93. The molecule has 0 saturated carbocycles. The highest BCUT2D eigenvalue weighted by Crippen LogP contribution is 2.29. The number of ether oxygens (including phenoxy) is 1. The van der Waals surface area contributed by atoms with Crippen LogP contribution in [-0.4, -0.2) is 35.3 Å². The Morgan fingerprint density at radius 2 is 1.93 bits per heavy atom. The number of rotatable bonds is 5. The highest BCUT2D eigenvalue weighted by Gasteiger charge is 2.35. The number of carbonyl (C=O) groups is 2. The van der Waals surface area contributed by atoms with Crippen molar-refractivity contribution < 1.29 is 14.3 Å². The van der Waals surface area contributed by atoms with E-state index in [0.717, 1.165) is 46.3 Å². The van der Waals surface area contributed by atoms with Crippen LogP contribution in [0.4, 0.5) is 10.6 Å². The first-order chi connectivity index (χ1) is 14.2.